The van der Waals surface area contributed by atoms with Gasteiger partial charge in [0.1, 0.15) is 0 Å². The van der Waals surface area contributed by atoms with E-state index in [0.717, 1.165) is 30.4 Å². The lowest BCUT2D eigenvalue weighted by atomic mass is 9.64. The second-order valence-electron chi connectivity index (χ2n) is 7.35. The first kappa shape index (κ1) is 19.8. The lowest BCUT2D eigenvalue weighted by molar-refractivity contribution is -0.153. The van der Waals surface area contributed by atoms with Gasteiger partial charge in [-0.05, 0) is 30.9 Å². The molecule has 5 heteroatoms. The van der Waals surface area contributed by atoms with Gasteiger partial charge in [0.05, 0.1) is 11.5 Å². The molecule has 1 aliphatic carbocycles. The molecule has 1 saturated carbocycles. The second-order valence-corrected chi connectivity index (χ2v) is 7.35. The summed E-state index contributed by atoms with van der Waals surface area (Å²) in [6.07, 6.45) is 2.48. The molecule has 2 aromatic carbocycles. The molecule has 1 amide bonds. The molecule has 1 unspecified atom stereocenters. The zero-order chi connectivity index (χ0) is 20.1. The van der Waals surface area contributed by atoms with Gasteiger partial charge in [0.25, 0.3) is 0 Å². The van der Waals surface area contributed by atoms with Gasteiger partial charge in [0.15, 0.2) is 12.4 Å². The van der Waals surface area contributed by atoms with Gasteiger partial charge in [-0.15, -0.1) is 0 Å². The minimum Gasteiger partial charge on any atom is -0.457 e. The number of amides is 1. The van der Waals surface area contributed by atoms with Gasteiger partial charge < -0.3 is 10.1 Å². The highest BCUT2D eigenvalue weighted by Crippen LogP contribution is 2.44. The Morgan fingerprint density at radius 3 is 2.21 bits per heavy atom. The van der Waals surface area contributed by atoms with Gasteiger partial charge in [-0.2, -0.15) is 0 Å². The van der Waals surface area contributed by atoms with Crippen LogP contribution in [-0.2, 0) is 19.7 Å². The van der Waals surface area contributed by atoms with Crippen molar-refractivity contribution >= 4 is 17.7 Å². The first-order valence-electron chi connectivity index (χ1n) is 9.55. The molecule has 1 fully saturated rings. The molecule has 5 nitrogen and oxygen atoms in total. The quantitative estimate of drug-likeness (QED) is 0.588. The van der Waals surface area contributed by atoms with Crippen LogP contribution in [0.5, 0.6) is 0 Å². The Hall–Kier alpha value is -2.95. The lowest BCUT2D eigenvalue weighted by Crippen LogP contribution is -2.44. The van der Waals surface area contributed by atoms with Gasteiger partial charge in [0, 0.05) is 12.5 Å². The number of nitrogens with one attached hydrogen (secondary N) is 1. The molecule has 28 heavy (non-hydrogen) atoms. The van der Waals surface area contributed by atoms with E-state index in [1.54, 1.807) is 24.3 Å². The molecular formula is C23H25NO4. The van der Waals surface area contributed by atoms with Crippen molar-refractivity contribution < 1.29 is 19.1 Å². The Bertz CT molecular complexity index is 854. The van der Waals surface area contributed by atoms with E-state index < -0.39 is 5.41 Å². The first-order chi connectivity index (χ1) is 13.4. The molecule has 0 radical (unpaired) electrons. The molecule has 1 atom stereocenters. The molecule has 0 spiro atoms. The highest BCUT2D eigenvalue weighted by atomic mass is 16.5. The van der Waals surface area contributed by atoms with Gasteiger partial charge in [-0.25, -0.2) is 0 Å². The maximum Gasteiger partial charge on any atom is 0.317 e. The Morgan fingerprint density at radius 2 is 1.68 bits per heavy atom. The largest absolute Gasteiger partial charge is 0.457 e. The van der Waals surface area contributed by atoms with Crippen LogP contribution in [0.25, 0.3) is 0 Å². The molecule has 3 rings (SSSR count). The van der Waals surface area contributed by atoms with E-state index in [1.807, 2.05) is 37.3 Å². The summed E-state index contributed by atoms with van der Waals surface area (Å²) in [5.41, 5.74) is 1.73. The topological polar surface area (TPSA) is 72.5 Å². The fourth-order valence-electron chi connectivity index (χ4n) is 3.60. The minimum atomic E-state index is -0.612. The van der Waals surface area contributed by atoms with Crippen LogP contribution in [0.3, 0.4) is 0 Å². The van der Waals surface area contributed by atoms with Gasteiger partial charge >= 0.3 is 5.97 Å². The van der Waals surface area contributed by atoms with E-state index in [4.69, 9.17) is 4.74 Å². The third-order valence-electron chi connectivity index (χ3n) is 5.41. The zero-order valence-electron chi connectivity index (χ0n) is 16.2. The van der Waals surface area contributed by atoms with Gasteiger partial charge in [-0.1, -0.05) is 61.0 Å². The Morgan fingerprint density at radius 1 is 1.04 bits per heavy atom. The number of carbonyl (C=O) groups excluding carboxylic acids is 3. The molecular weight excluding hydrogens is 354 g/mol. The zero-order valence-corrected chi connectivity index (χ0v) is 16.2. The third-order valence-corrected chi connectivity index (χ3v) is 5.41. The van der Waals surface area contributed by atoms with Crippen molar-refractivity contribution in [2.45, 2.75) is 44.6 Å². The normalized spacial score (nSPS) is 15.8. The SMILES string of the molecule is CC(=O)NC(C)c1ccc(C(=O)COC(=O)C2(c3ccccc3)CCC2)cc1. The summed E-state index contributed by atoms with van der Waals surface area (Å²) in [7, 11) is 0. The number of benzene rings is 2. The summed E-state index contributed by atoms with van der Waals surface area (Å²) in [5, 5.41) is 2.80. The Labute approximate surface area is 165 Å². The van der Waals surface area contributed by atoms with Crippen LogP contribution in [0.2, 0.25) is 0 Å². The number of carbonyl (C=O) groups is 3. The van der Waals surface area contributed by atoms with E-state index >= 15 is 0 Å². The van der Waals surface area contributed by atoms with Crippen LogP contribution >= 0.6 is 0 Å². The third kappa shape index (κ3) is 4.14. The van der Waals surface area contributed by atoms with E-state index in [2.05, 4.69) is 5.32 Å². The van der Waals surface area contributed by atoms with Gasteiger partial charge in [0.2, 0.25) is 5.91 Å². The number of esters is 1. The molecule has 0 aromatic heterocycles. The van der Waals surface area contributed by atoms with Crippen LogP contribution in [-0.4, -0.2) is 24.3 Å². The molecule has 0 heterocycles. The maximum atomic E-state index is 12.7. The van der Waals surface area contributed by atoms with Crippen molar-refractivity contribution in [1.29, 1.82) is 0 Å². The number of Topliss-reactive ketones (excluding diaryl/α,β-unsaturated/α-hetero) is 1. The van der Waals surface area contributed by atoms with E-state index in [1.165, 1.54) is 6.92 Å². The molecule has 0 saturated heterocycles. The molecule has 0 bridgehead atoms. The Balaban J connectivity index is 1.61. The average Bonchev–Trinajstić information content (AvgIpc) is 2.65. The fourth-order valence-corrected chi connectivity index (χ4v) is 3.60. The Kier molecular flexibility index (Phi) is 5.93. The minimum absolute atomic E-state index is 0.108. The summed E-state index contributed by atoms with van der Waals surface area (Å²) < 4.78 is 5.40. The van der Waals surface area contributed by atoms with Crippen LogP contribution < -0.4 is 5.32 Å². The highest BCUT2D eigenvalue weighted by Gasteiger charge is 2.47. The van der Waals surface area contributed by atoms with Crippen LogP contribution in [0.4, 0.5) is 0 Å². The second kappa shape index (κ2) is 8.38. The average molecular weight is 379 g/mol. The number of hydrogen-bond acceptors (Lipinski definition) is 4. The van der Waals surface area contributed by atoms with Crippen LogP contribution in [0, 0.1) is 0 Å². The van der Waals surface area contributed by atoms with Crippen molar-refractivity contribution in [1.82, 2.24) is 5.32 Å². The summed E-state index contributed by atoms with van der Waals surface area (Å²) in [6.45, 7) is 3.07. The summed E-state index contributed by atoms with van der Waals surface area (Å²) >= 11 is 0. The summed E-state index contributed by atoms with van der Waals surface area (Å²) in [4.78, 5) is 36.3. The molecule has 1 N–H and O–H groups in total. The molecule has 146 valence electrons. The predicted octanol–water partition coefficient (Wildman–Crippen LogP) is 3.73. The molecule has 2 aromatic rings. The number of ketones is 1. The highest BCUT2D eigenvalue weighted by molar-refractivity contribution is 5.98. The number of rotatable bonds is 7. The van der Waals surface area contributed by atoms with Crippen molar-refractivity contribution in [2.24, 2.45) is 0 Å². The van der Waals surface area contributed by atoms with Crippen molar-refractivity contribution in [3.05, 3.63) is 71.3 Å². The number of hydrogen-bond donors (Lipinski definition) is 1. The number of ether oxygens (including phenoxy) is 1. The predicted molar refractivity (Wildman–Crippen MR) is 106 cm³/mol. The van der Waals surface area contributed by atoms with Crippen LogP contribution in [0.1, 0.15) is 60.6 Å². The first-order valence-corrected chi connectivity index (χ1v) is 9.55. The standard InChI is InChI=1S/C23H25NO4/c1-16(24-17(2)25)18-9-11-19(12-10-18)21(26)15-28-22(27)23(13-6-14-23)20-7-4-3-5-8-20/h3-5,7-12,16H,6,13-15H2,1-2H3,(H,24,25). The monoisotopic (exact) mass is 379 g/mol. The lowest BCUT2D eigenvalue weighted by Gasteiger charge is -2.39. The smallest absolute Gasteiger partial charge is 0.317 e. The van der Waals surface area contributed by atoms with E-state index in [-0.39, 0.29) is 30.3 Å². The molecule has 0 aliphatic heterocycles. The fraction of sp³-hybridized carbons (Fsp3) is 0.348. The summed E-state index contributed by atoms with van der Waals surface area (Å²) in [5.74, 6) is -0.674. The van der Waals surface area contributed by atoms with Crippen molar-refractivity contribution in [3.8, 4) is 0 Å². The van der Waals surface area contributed by atoms with E-state index in [9.17, 15) is 14.4 Å². The summed E-state index contributed by atoms with van der Waals surface area (Å²) in [6, 6.07) is 16.5. The molecule has 1 aliphatic rings. The van der Waals surface area contributed by atoms with Gasteiger partial charge in [-0.3, -0.25) is 14.4 Å². The van der Waals surface area contributed by atoms with E-state index in [0.29, 0.717) is 5.56 Å². The van der Waals surface area contributed by atoms with Crippen molar-refractivity contribution in [3.63, 3.8) is 0 Å². The maximum absolute atomic E-state index is 12.7. The van der Waals surface area contributed by atoms with Crippen molar-refractivity contribution in [2.75, 3.05) is 6.61 Å². The van der Waals surface area contributed by atoms with Crippen LogP contribution in [0.15, 0.2) is 54.6 Å².